The summed E-state index contributed by atoms with van der Waals surface area (Å²) in [5.41, 5.74) is 3.82. The van der Waals surface area contributed by atoms with Crippen molar-refractivity contribution in [3.63, 3.8) is 0 Å². The van der Waals surface area contributed by atoms with Crippen LogP contribution in [-0.2, 0) is 22.6 Å². The highest BCUT2D eigenvalue weighted by atomic mass is 32.2. The fourth-order valence-corrected chi connectivity index (χ4v) is 4.55. The van der Waals surface area contributed by atoms with Crippen molar-refractivity contribution in [2.45, 2.75) is 26.9 Å². The molecule has 5 nitrogen and oxygen atoms in total. The second-order valence-corrected chi connectivity index (χ2v) is 8.83. The molecule has 0 aliphatic carbocycles. The third-order valence-corrected chi connectivity index (χ3v) is 6.41. The Bertz CT molecular complexity index is 1280. The monoisotopic (exact) mass is 485 g/mol. The number of para-hydroxylation sites is 1. The van der Waals surface area contributed by atoms with E-state index in [1.54, 1.807) is 6.92 Å². The van der Waals surface area contributed by atoms with Crippen LogP contribution in [0.4, 0.5) is 5.69 Å². The van der Waals surface area contributed by atoms with E-state index in [1.807, 2.05) is 84.9 Å². The Kier molecular flexibility index (Phi) is 8.06. The molecule has 0 fully saturated rings. The highest BCUT2D eigenvalue weighted by molar-refractivity contribution is 8.18. The lowest BCUT2D eigenvalue weighted by atomic mass is 10.1. The highest BCUT2D eigenvalue weighted by Gasteiger charge is 2.33. The molecule has 1 aliphatic rings. The van der Waals surface area contributed by atoms with Gasteiger partial charge in [0.05, 0.1) is 17.2 Å². The Morgan fingerprint density at radius 1 is 0.943 bits per heavy atom. The zero-order chi connectivity index (χ0) is 24.6. The average molecular weight is 486 g/mol. The van der Waals surface area contributed by atoms with Gasteiger partial charge in [0.15, 0.2) is 0 Å². The first-order valence-corrected chi connectivity index (χ1v) is 12.3. The fourth-order valence-electron chi connectivity index (χ4n) is 3.52. The molecule has 0 bridgehead atoms. The van der Waals surface area contributed by atoms with Gasteiger partial charge in [0.1, 0.15) is 28.7 Å². The SMILES string of the molecule is CCOC(=O)C1=C(O)/C(=C/c2ccccc2OCc2ccccc2)SC1=Nc1ccc(CC)cc1. The lowest BCUT2D eigenvalue weighted by Gasteiger charge is -2.10. The molecule has 0 saturated carbocycles. The van der Waals surface area contributed by atoms with Gasteiger partial charge in [0.2, 0.25) is 0 Å². The van der Waals surface area contributed by atoms with E-state index in [4.69, 9.17) is 9.47 Å². The number of aliphatic hydroxyl groups is 1. The number of thioether (sulfide) groups is 1. The largest absolute Gasteiger partial charge is 0.506 e. The molecule has 178 valence electrons. The Balaban J connectivity index is 1.66. The van der Waals surface area contributed by atoms with E-state index in [-0.39, 0.29) is 17.9 Å². The number of hydrogen-bond donors (Lipinski definition) is 1. The van der Waals surface area contributed by atoms with E-state index in [9.17, 15) is 9.90 Å². The van der Waals surface area contributed by atoms with Crippen molar-refractivity contribution in [1.29, 1.82) is 0 Å². The summed E-state index contributed by atoms with van der Waals surface area (Å²) in [6.45, 7) is 4.44. The number of esters is 1. The summed E-state index contributed by atoms with van der Waals surface area (Å²) in [5.74, 6) is -0.0656. The smallest absolute Gasteiger partial charge is 0.344 e. The van der Waals surface area contributed by atoms with Crippen LogP contribution in [0.25, 0.3) is 6.08 Å². The number of nitrogens with zero attached hydrogens (tertiary/aromatic N) is 1. The van der Waals surface area contributed by atoms with Crippen molar-refractivity contribution < 1.29 is 19.4 Å². The molecular formula is C29H27NO4S. The highest BCUT2D eigenvalue weighted by Crippen LogP contribution is 2.41. The van der Waals surface area contributed by atoms with Crippen molar-refractivity contribution in [2.75, 3.05) is 6.61 Å². The third-order valence-electron chi connectivity index (χ3n) is 5.39. The zero-order valence-corrected chi connectivity index (χ0v) is 20.5. The molecule has 1 aliphatic heterocycles. The molecule has 1 heterocycles. The van der Waals surface area contributed by atoms with E-state index >= 15 is 0 Å². The molecule has 6 heteroatoms. The lowest BCUT2D eigenvalue weighted by molar-refractivity contribution is -0.138. The first kappa shape index (κ1) is 24.4. The molecule has 35 heavy (non-hydrogen) atoms. The van der Waals surface area contributed by atoms with Gasteiger partial charge in [-0.05, 0) is 48.7 Å². The Hall–Kier alpha value is -3.77. The molecule has 0 aromatic heterocycles. The summed E-state index contributed by atoms with van der Waals surface area (Å²) in [6, 6.07) is 25.3. The van der Waals surface area contributed by atoms with E-state index in [0.717, 1.165) is 17.5 Å². The van der Waals surface area contributed by atoms with Gasteiger partial charge in [-0.2, -0.15) is 0 Å². The van der Waals surface area contributed by atoms with Gasteiger partial charge in [-0.1, -0.05) is 79.3 Å². The molecule has 4 rings (SSSR count). The summed E-state index contributed by atoms with van der Waals surface area (Å²) in [4.78, 5) is 17.8. The topological polar surface area (TPSA) is 68.1 Å². The van der Waals surface area contributed by atoms with Crippen LogP contribution < -0.4 is 4.74 Å². The van der Waals surface area contributed by atoms with E-state index in [2.05, 4.69) is 11.9 Å². The standard InChI is InChI=1S/C29H27NO4S/c1-3-20-14-16-23(17-15-20)30-28-26(29(32)33-4-2)27(31)25(35-28)18-22-12-8-9-13-24(22)34-19-21-10-6-5-7-11-21/h5-18,31H,3-4,19H2,1-2H3/b25-18-,30-28?. The average Bonchev–Trinajstić information content (AvgIpc) is 3.19. The summed E-state index contributed by atoms with van der Waals surface area (Å²) in [5, 5.41) is 11.4. The first-order valence-electron chi connectivity index (χ1n) is 11.5. The van der Waals surface area contributed by atoms with Crippen molar-refractivity contribution in [1.82, 2.24) is 0 Å². The lowest BCUT2D eigenvalue weighted by Crippen LogP contribution is -2.12. The number of hydrogen-bond acceptors (Lipinski definition) is 6. The van der Waals surface area contributed by atoms with Crippen LogP contribution in [0, 0.1) is 0 Å². The normalized spacial score (nSPS) is 15.6. The predicted molar refractivity (Wildman–Crippen MR) is 142 cm³/mol. The second-order valence-electron chi connectivity index (χ2n) is 7.80. The maximum absolute atomic E-state index is 12.7. The van der Waals surface area contributed by atoms with Crippen molar-refractivity contribution in [2.24, 2.45) is 4.99 Å². The van der Waals surface area contributed by atoms with E-state index in [1.165, 1.54) is 17.3 Å². The summed E-state index contributed by atoms with van der Waals surface area (Å²) in [7, 11) is 0. The number of benzene rings is 3. The number of rotatable bonds is 8. The molecule has 0 atom stereocenters. The zero-order valence-electron chi connectivity index (χ0n) is 19.7. The molecular weight excluding hydrogens is 458 g/mol. The van der Waals surface area contributed by atoms with E-state index < -0.39 is 5.97 Å². The molecule has 3 aromatic carbocycles. The minimum Gasteiger partial charge on any atom is -0.506 e. The molecule has 0 saturated heterocycles. The molecule has 0 amide bonds. The molecule has 0 radical (unpaired) electrons. The van der Waals surface area contributed by atoms with Gasteiger partial charge in [0.25, 0.3) is 0 Å². The van der Waals surface area contributed by atoms with Crippen LogP contribution in [0.3, 0.4) is 0 Å². The van der Waals surface area contributed by atoms with Crippen molar-refractivity contribution in [3.05, 3.63) is 112 Å². The predicted octanol–water partition coefficient (Wildman–Crippen LogP) is 7.02. The number of aryl methyl sites for hydroxylation is 1. The molecule has 1 N–H and O–H groups in total. The maximum Gasteiger partial charge on any atom is 0.344 e. The van der Waals surface area contributed by atoms with E-state index in [0.29, 0.717) is 28.0 Å². The Labute approximate surface area is 209 Å². The second kappa shape index (κ2) is 11.6. The number of aliphatic imine (C=N–C) groups is 1. The van der Waals surface area contributed by atoms with Gasteiger partial charge in [-0.25, -0.2) is 9.79 Å². The minimum atomic E-state index is -0.599. The van der Waals surface area contributed by atoms with Gasteiger partial charge < -0.3 is 14.6 Å². The van der Waals surface area contributed by atoms with Crippen LogP contribution in [0.2, 0.25) is 0 Å². The number of carbonyl (C=O) groups is 1. The first-order chi connectivity index (χ1) is 17.1. The quantitative estimate of drug-likeness (QED) is 0.347. The van der Waals surface area contributed by atoms with Gasteiger partial charge in [0, 0.05) is 5.56 Å². The molecule has 3 aromatic rings. The summed E-state index contributed by atoms with van der Waals surface area (Å²) >= 11 is 1.23. The third kappa shape index (κ3) is 6.03. The molecule has 0 spiro atoms. The Morgan fingerprint density at radius 2 is 1.66 bits per heavy atom. The van der Waals surface area contributed by atoms with Crippen LogP contribution in [0.15, 0.2) is 100 Å². The van der Waals surface area contributed by atoms with Crippen molar-refractivity contribution >= 4 is 34.5 Å². The summed E-state index contributed by atoms with van der Waals surface area (Å²) in [6.07, 6.45) is 2.74. The minimum absolute atomic E-state index is 0.0744. The van der Waals surface area contributed by atoms with Gasteiger partial charge in [-0.15, -0.1) is 0 Å². The van der Waals surface area contributed by atoms with Gasteiger partial charge in [-0.3, -0.25) is 0 Å². The number of aliphatic hydroxyl groups excluding tert-OH is 1. The number of ether oxygens (including phenoxy) is 2. The Morgan fingerprint density at radius 3 is 2.37 bits per heavy atom. The maximum atomic E-state index is 12.7. The van der Waals surface area contributed by atoms with Crippen molar-refractivity contribution in [3.8, 4) is 5.75 Å². The molecule has 0 unspecified atom stereocenters. The fraction of sp³-hybridized carbons (Fsp3) is 0.172. The van der Waals surface area contributed by atoms with Gasteiger partial charge >= 0.3 is 5.97 Å². The number of carbonyl (C=O) groups excluding carboxylic acids is 1. The van der Waals surface area contributed by atoms with Crippen LogP contribution >= 0.6 is 11.8 Å². The summed E-state index contributed by atoms with van der Waals surface area (Å²) < 4.78 is 11.3. The van der Waals surface area contributed by atoms with Crippen LogP contribution in [0.5, 0.6) is 5.75 Å². The van der Waals surface area contributed by atoms with Crippen LogP contribution in [0.1, 0.15) is 30.5 Å². The van der Waals surface area contributed by atoms with Crippen LogP contribution in [-0.4, -0.2) is 22.7 Å².